The number of amides is 4. The second-order valence-electron chi connectivity index (χ2n) is 14.1. The van der Waals surface area contributed by atoms with Crippen molar-refractivity contribution in [3.05, 3.63) is 136 Å². The molecule has 2 saturated heterocycles. The molecule has 2 aliphatic carbocycles. The first-order valence-electron chi connectivity index (χ1n) is 17.0. The maximum atomic E-state index is 15.3. The first-order chi connectivity index (χ1) is 25.9. The van der Waals surface area contributed by atoms with Crippen LogP contribution in [0.1, 0.15) is 41.0 Å². The van der Waals surface area contributed by atoms with Gasteiger partial charge in [0.05, 0.1) is 45.7 Å². The maximum Gasteiger partial charge on any atom is 0.416 e. The number of imide groups is 2. The van der Waals surface area contributed by atoms with Gasteiger partial charge in [-0.1, -0.05) is 65.7 Å². The van der Waals surface area contributed by atoms with E-state index in [0.717, 1.165) is 17.0 Å². The third kappa shape index (κ3) is 5.47. The standard InChI is InChI=1S/C40H26ClF7N2O5/c41-23-7-4-8-24(17-23)50-35(53)29-18-28-26(33(19-9-12-31(51)30(42)13-19)38(29,37(50)55)20-5-2-1-3-6-20)10-11-27-32(28)36(54)49(34(27)52)25-15-21(39(43,44)45)14-22(16-25)40(46,47)48/h1-10,12-17,27-29,32-33,51H,11,18H2. The zero-order valence-electron chi connectivity index (χ0n) is 28.0. The van der Waals surface area contributed by atoms with Crippen molar-refractivity contribution in [1.29, 1.82) is 0 Å². The van der Waals surface area contributed by atoms with Crippen molar-refractivity contribution in [2.75, 3.05) is 9.80 Å². The lowest BCUT2D eigenvalue weighted by Crippen LogP contribution is -2.53. The lowest BCUT2D eigenvalue weighted by molar-refractivity contribution is -0.143. The first-order valence-corrected chi connectivity index (χ1v) is 17.4. The molecule has 3 fully saturated rings. The lowest BCUT2D eigenvalue weighted by Gasteiger charge is -2.50. The molecular formula is C40H26ClF7N2O5. The third-order valence-electron chi connectivity index (χ3n) is 11.3. The topological polar surface area (TPSA) is 95.0 Å². The van der Waals surface area contributed by atoms with E-state index in [4.69, 9.17) is 11.6 Å². The zero-order chi connectivity index (χ0) is 39.4. The number of halogens is 8. The lowest BCUT2D eigenvalue weighted by atomic mass is 9.49. The summed E-state index contributed by atoms with van der Waals surface area (Å²) in [7, 11) is 0. The van der Waals surface area contributed by atoms with Crippen LogP contribution in [0.25, 0.3) is 0 Å². The minimum absolute atomic E-state index is 0.110. The molecule has 4 aliphatic rings. The molecule has 0 spiro atoms. The fourth-order valence-corrected chi connectivity index (χ4v) is 9.33. The normalized spacial score (nSPS) is 26.5. The molecule has 2 heterocycles. The Hall–Kier alpha value is -5.50. The molecule has 1 N–H and O–H groups in total. The molecule has 4 aromatic rings. The number of fused-ring (bicyclic) bond motifs is 4. The summed E-state index contributed by atoms with van der Waals surface area (Å²) in [6, 6.07) is 18.2. The Morgan fingerprint density at radius 3 is 2.00 bits per heavy atom. The SMILES string of the molecule is O=C1C2CC=C3C(CC4C(=O)N(c5cccc(Cl)c5)C(=O)C4(c4ccccc4)C3c3ccc(O)c(F)c3)C2C(=O)N1c1cc(C(F)(F)F)cc(C(F)(F)F)c1. The molecule has 6 unspecified atom stereocenters. The average Bonchev–Trinajstić information content (AvgIpc) is 3.53. The van der Waals surface area contributed by atoms with Gasteiger partial charge in [-0.05, 0) is 78.4 Å². The van der Waals surface area contributed by atoms with Crippen molar-refractivity contribution in [2.45, 2.75) is 36.5 Å². The summed E-state index contributed by atoms with van der Waals surface area (Å²) in [5.41, 5.74) is -5.18. The Labute approximate surface area is 312 Å². The summed E-state index contributed by atoms with van der Waals surface area (Å²) in [5.74, 6) is -11.5. The molecule has 8 rings (SSSR count). The van der Waals surface area contributed by atoms with Gasteiger partial charge in [0.25, 0.3) is 0 Å². The van der Waals surface area contributed by atoms with Crippen LogP contribution in [0.5, 0.6) is 5.75 Å². The number of hydrogen-bond acceptors (Lipinski definition) is 5. The van der Waals surface area contributed by atoms with Crippen LogP contribution in [-0.2, 0) is 36.9 Å². The quantitative estimate of drug-likeness (QED) is 0.127. The van der Waals surface area contributed by atoms with Gasteiger partial charge in [-0.2, -0.15) is 26.3 Å². The van der Waals surface area contributed by atoms with Gasteiger partial charge in [0.1, 0.15) is 0 Å². The molecule has 1 saturated carbocycles. The van der Waals surface area contributed by atoms with E-state index in [1.807, 2.05) is 0 Å². The van der Waals surface area contributed by atoms with E-state index in [0.29, 0.717) is 28.2 Å². The minimum atomic E-state index is -5.26. The Kier molecular flexibility index (Phi) is 8.30. The number of phenols is 1. The largest absolute Gasteiger partial charge is 0.505 e. The zero-order valence-corrected chi connectivity index (χ0v) is 28.8. The van der Waals surface area contributed by atoms with Crippen LogP contribution in [0, 0.1) is 29.5 Å². The summed E-state index contributed by atoms with van der Waals surface area (Å²) in [5, 5.41) is 10.4. The molecule has 0 bridgehead atoms. The monoisotopic (exact) mass is 782 g/mol. The Morgan fingerprint density at radius 2 is 1.38 bits per heavy atom. The van der Waals surface area contributed by atoms with Crippen LogP contribution in [0.4, 0.5) is 42.1 Å². The smallest absolute Gasteiger partial charge is 0.416 e. The predicted molar refractivity (Wildman–Crippen MR) is 183 cm³/mol. The van der Waals surface area contributed by atoms with Gasteiger partial charge in [-0.15, -0.1) is 0 Å². The minimum Gasteiger partial charge on any atom is -0.505 e. The van der Waals surface area contributed by atoms with Crippen molar-refractivity contribution in [3.8, 4) is 5.75 Å². The van der Waals surface area contributed by atoms with Crippen LogP contribution in [0.2, 0.25) is 5.02 Å². The van der Waals surface area contributed by atoms with E-state index in [1.54, 1.807) is 36.4 Å². The first kappa shape index (κ1) is 36.5. The predicted octanol–water partition coefficient (Wildman–Crippen LogP) is 8.59. The highest BCUT2D eigenvalue weighted by molar-refractivity contribution is 6.32. The molecule has 0 aromatic heterocycles. The number of alkyl halides is 6. The molecule has 4 amide bonds. The Morgan fingerprint density at radius 1 is 0.709 bits per heavy atom. The highest BCUT2D eigenvalue weighted by Gasteiger charge is 2.70. The Bertz CT molecular complexity index is 2310. The van der Waals surface area contributed by atoms with E-state index in [1.165, 1.54) is 30.3 Å². The van der Waals surface area contributed by atoms with Crippen molar-refractivity contribution >= 4 is 46.6 Å². The van der Waals surface area contributed by atoms with E-state index in [9.17, 15) is 45.8 Å². The molecule has 2 aliphatic heterocycles. The molecule has 4 aromatic carbocycles. The van der Waals surface area contributed by atoms with Gasteiger partial charge in [0.2, 0.25) is 23.6 Å². The summed E-state index contributed by atoms with van der Waals surface area (Å²) in [6.45, 7) is 0. The summed E-state index contributed by atoms with van der Waals surface area (Å²) < 4.78 is 98.4. The molecule has 55 heavy (non-hydrogen) atoms. The molecule has 15 heteroatoms. The summed E-state index contributed by atoms with van der Waals surface area (Å²) >= 11 is 6.28. The number of rotatable bonds is 4. The summed E-state index contributed by atoms with van der Waals surface area (Å²) in [6.07, 6.45) is -9.39. The van der Waals surface area contributed by atoms with Crippen LogP contribution in [0.3, 0.4) is 0 Å². The Balaban J connectivity index is 1.32. The third-order valence-corrected chi connectivity index (χ3v) is 11.5. The van der Waals surface area contributed by atoms with Crippen molar-refractivity contribution < 1.29 is 55.0 Å². The van der Waals surface area contributed by atoms with E-state index >= 15 is 9.18 Å². The fourth-order valence-electron chi connectivity index (χ4n) is 9.14. The molecule has 7 nitrogen and oxygen atoms in total. The molecule has 6 atom stereocenters. The number of allylic oxidation sites excluding steroid dienone is 2. The number of anilines is 2. The number of phenolic OH excluding ortho intramolecular Hbond substituents is 1. The number of nitrogens with zero attached hydrogens (tertiary/aromatic N) is 2. The van der Waals surface area contributed by atoms with E-state index in [2.05, 4.69) is 0 Å². The van der Waals surface area contributed by atoms with E-state index in [-0.39, 0.29) is 35.2 Å². The van der Waals surface area contributed by atoms with Gasteiger partial charge in [-0.25, -0.2) is 14.2 Å². The number of carbonyl (C=O) groups is 4. The highest BCUT2D eigenvalue weighted by Crippen LogP contribution is 2.64. The van der Waals surface area contributed by atoms with Crippen molar-refractivity contribution in [1.82, 2.24) is 0 Å². The van der Waals surface area contributed by atoms with Gasteiger partial charge < -0.3 is 5.11 Å². The average molecular weight is 783 g/mol. The second-order valence-corrected chi connectivity index (χ2v) is 14.5. The maximum absolute atomic E-state index is 15.3. The number of benzene rings is 4. The van der Waals surface area contributed by atoms with Crippen LogP contribution in [0.15, 0.2) is 103 Å². The van der Waals surface area contributed by atoms with Crippen molar-refractivity contribution in [2.24, 2.45) is 23.7 Å². The summed E-state index contributed by atoms with van der Waals surface area (Å²) in [4.78, 5) is 59.6. The van der Waals surface area contributed by atoms with Gasteiger partial charge in [-0.3, -0.25) is 19.2 Å². The fraction of sp³-hybridized carbons (Fsp3) is 0.250. The van der Waals surface area contributed by atoms with Gasteiger partial charge in [0.15, 0.2) is 11.6 Å². The van der Waals surface area contributed by atoms with Crippen LogP contribution >= 0.6 is 11.6 Å². The number of carbonyl (C=O) groups excluding carboxylic acids is 4. The highest BCUT2D eigenvalue weighted by atomic mass is 35.5. The molecule has 0 radical (unpaired) electrons. The van der Waals surface area contributed by atoms with Crippen LogP contribution in [-0.4, -0.2) is 28.7 Å². The van der Waals surface area contributed by atoms with E-state index < -0.39 is 99.4 Å². The number of aromatic hydroxyl groups is 1. The van der Waals surface area contributed by atoms with Gasteiger partial charge in [0, 0.05) is 10.9 Å². The second kappa shape index (κ2) is 12.5. The van der Waals surface area contributed by atoms with Gasteiger partial charge >= 0.3 is 12.4 Å². The number of hydrogen-bond donors (Lipinski definition) is 1. The molecular weight excluding hydrogens is 757 g/mol. The van der Waals surface area contributed by atoms with Crippen molar-refractivity contribution in [3.63, 3.8) is 0 Å². The van der Waals surface area contributed by atoms with Crippen LogP contribution < -0.4 is 9.80 Å². The molecule has 282 valence electrons.